The zero-order valence-electron chi connectivity index (χ0n) is 14.5. The maximum atomic E-state index is 14.0. The molecule has 1 aromatic carbocycles. The molecule has 1 N–H and O–H groups in total. The number of hydrogen-bond donors (Lipinski definition) is 1. The molecule has 1 heterocycles. The smallest absolute Gasteiger partial charge is 0.335 e. The van der Waals surface area contributed by atoms with Crippen molar-refractivity contribution in [3.63, 3.8) is 0 Å². The van der Waals surface area contributed by atoms with Crippen LogP contribution in [0.5, 0.6) is 0 Å². The molecule has 1 unspecified atom stereocenters. The molecule has 1 fully saturated rings. The van der Waals surface area contributed by atoms with Crippen molar-refractivity contribution < 1.29 is 31.8 Å². The number of esters is 1. The molecule has 27 heavy (non-hydrogen) atoms. The van der Waals surface area contributed by atoms with Gasteiger partial charge in [0.2, 0.25) is 10.0 Å². The molecule has 3 rings (SSSR count). The number of para-hydroxylation sites is 1. The second-order valence-corrected chi connectivity index (χ2v) is 8.37. The number of halogens is 2. The van der Waals surface area contributed by atoms with Gasteiger partial charge in [0.25, 0.3) is 0 Å². The van der Waals surface area contributed by atoms with Gasteiger partial charge in [-0.15, -0.1) is 0 Å². The van der Waals surface area contributed by atoms with Gasteiger partial charge in [0.15, 0.2) is 5.79 Å². The van der Waals surface area contributed by atoms with Crippen LogP contribution in [0.15, 0.2) is 29.8 Å². The minimum Gasteiger partial charge on any atom is -0.463 e. The average molecular weight is 420 g/mol. The Morgan fingerprint density at radius 2 is 2.11 bits per heavy atom. The molecule has 0 amide bonds. The Bertz CT molecular complexity index is 846. The van der Waals surface area contributed by atoms with E-state index in [0.29, 0.717) is 13.2 Å². The zero-order chi connectivity index (χ0) is 19.7. The van der Waals surface area contributed by atoms with Gasteiger partial charge < -0.3 is 14.2 Å². The molecule has 0 saturated carbocycles. The van der Waals surface area contributed by atoms with Crippen molar-refractivity contribution in [2.75, 3.05) is 24.5 Å². The van der Waals surface area contributed by atoms with Crippen molar-refractivity contribution in [1.82, 2.24) is 0 Å². The number of sulfonamides is 1. The fourth-order valence-corrected chi connectivity index (χ4v) is 4.95. The highest BCUT2D eigenvalue weighted by Gasteiger charge is 2.46. The number of carbonyl (C=O) groups excluding carboxylic acids is 1. The Kier molecular flexibility index (Phi) is 5.76. The van der Waals surface area contributed by atoms with E-state index in [9.17, 15) is 17.6 Å². The van der Waals surface area contributed by atoms with E-state index >= 15 is 0 Å². The van der Waals surface area contributed by atoms with Gasteiger partial charge >= 0.3 is 5.97 Å². The van der Waals surface area contributed by atoms with E-state index in [1.165, 1.54) is 18.2 Å². The van der Waals surface area contributed by atoms with Crippen LogP contribution in [-0.4, -0.2) is 45.2 Å². The first-order valence-corrected chi connectivity index (χ1v) is 10.3. The second-order valence-electron chi connectivity index (χ2n) is 6.10. The van der Waals surface area contributed by atoms with Crippen molar-refractivity contribution in [1.29, 1.82) is 0 Å². The maximum Gasteiger partial charge on any atom is 0.335 e. The average Bonchev–Trinajstić information content (AvgIpc) is 3.06. The molecule has 1 aliphatic heterocycles. The van der Waals surface area contributed by atoms with Crippen molar-refractivity contribution in [3.05, 3.63) is 40.7 Å². The highest BCUT2D eigenvalue weighted by atomic mass is 35.5. The van der Waals surface area contributed by atoms with Gasteiger partial charge in [-0.05, 0) is 31.6 Å². The summed E-state index contributed by atoms with van der Waals surface area (Å²) in [7, 11) is -4.19. The van der Waals surface area contributed by atoms with Gasteiger partial charge in [0.1, 0.15) is 16.8 Å². The predicted octanol–water partition coefficient (Wildman–Crippen LogP) is 2.62. The fourth-order valence-electron chi connectivity index (χ4n) is 3.12. The largest absolute Gasteiger partial charge is 0.463 e. The van der Waals surface area contributed by atoms with E-state index in [1.807, 2.05) is 0 Å². The number of hydrogen-bond acceptors (Lipinski definition) is 6. The highest BCUT2D eigenvalue weighted by Crippen LogP contribution is 2.38. The third-order valence-corrected chi connectivity index (χ3v) is 6.39. The van der Waals surface area contributed by atoms with Gasteiger partial charge in [-0.2, -0.15) is 0 Å². The monoisotopic (exact) mass is 419 g/mol. The maximum absolute atomic E-state index is 14.0. The van der Waals surface area contributed by atoms with Crippen molar-refractivity contribution >= 4 is 33.3 Å². The lowest BCUT2D eigenvalue weighted by Crippen LogP contribution is -2.42. The third-order valence-electron chi connectivity index (χ3n) is 4.35. The summed E-state index contributed by atoms with van der Waals surface area (Å²) in [5, 5.41) is -1.35. The molecule has 0 radical (unpaired) electrons. The summed E-state index contributed by atoms with van der Waals surface area (Å²) in [6.45, 7) is 2.37. The molecule has 10 heteroatoms. The molecule has 0 aromatic heterocycles. The number of carbonyl (C=O) groups is 1. The van der Waals surface area contributed by atoms with Gasteiger partial charge in [0.05, 0.1) is 30.4 Å². The van der Waals surface area contributed by atoms with Gasteiger partial charge in [-0.3, -0.25) is 4.72 Å². The van der Waals surface area contributed by atoms with Crippen LogP contribution in [0.3, 0.4) is 0 Å². The molecular formula is C17H19ClFNO6S. The lowest BCUT2D eigenvalue weighted by molar-refractivity contribution is -0.143. The quantitative estimate of drug-likeness (QED) is 0.738. The zero-order valence-corrected chi connectivity index (χ0v) is 16.1. The van der Waals surface area contributed by atoms with Crippen LogP contribution in [0.25, 0.3) is 0 Å². The lowest BCUT2D eigenvalue weighted by atomic mass is 9.94. The lowest BCUT2D eigenvalue weighted by Gasteiger charge is -2.33. The van der Waals surface area contributed by atoms with Gasteiger partial charge in [0, 0.05) is 6.42 Å². The van der Waals surface area contributed by atoms with Crippen LogP contribution in [0.4, 0.5) is 10.1 Å². The van der Waals surface area contributed by atoms with E-state index in [2.05, 4.69) is 4.72 Å². The van der Waals surface area contributed by atoms with Crippen LogP contribution in [0.2, 0.25) is 5.02 Å². The number of anilines is 1. The Morgan fingerprint density at radius 1 is 1.41 bits per heavy atom. The molecule has 7 nitrogen and oxygen atoms in total. The SMILES string of the molecule is CCOC(=O)C1=CC2(CCC1S(=O)(=O)Nc1c(F)cccc1Cl)OCCO2. The van der Waals surface area contributed by atoms with Crippen LogP contribution < -0.4 is 4.72 Å². The van der Waals surface area contributed by atoms with Gasteiger partial charge in [-0.25, -0.2) is 17.6 Å². The third kappa shape index (κ3) is 4.11. The summed E-state index contributed by atoms with van der Waals surface area (Å²) in [5.41, 5.74) is -0.471. The Labute approximate surface area is 161 Å². The molecule has 2 aliphatic rings. The molecule has 1 atom stereocenters. The molecule has 1 saturated heterocycles. The van der Waals surface area contributed by atoms with Gasteiger partial charge in [-0.1, -0.05) is 17.7 Å². The minimum atomic E-state index is -4.19. The summed E-state index contributed by atoms with van der Waals surface area (Å²) in [6.07, 6.45) is 1.62. The van der Waals surface area contributed by atoms with E-state index in [0.717, 1.165) is 6.07 Å². The molecular weight excluding hydrogens is 401 g/mol. The number of nitrogens with one attached hydrogen (secondary N) is 1. The van der Waals surface area contributed by atoms with Crippen LogP contribution in [-0.2, 0) is 29.0 Å². The Hall–Kier alpha value is -1.68. The number of benzene rings is 1. The normalized spacial score (nSPS) is 21.7. The first-order chi connectivity index (χ1) is 12.8. The highest BCUT2D eigenvalue weighted by molar-refractivity contribution is 7.93. The predicted molar refractivity (Wildman–Crippen MR) is 96.3 cm³/mol. The van der Waals surface area contributed by atoms with E-state index in [1.54, 1.807) is 6.92 Å². The summed E-state index contributed by atoms with van der Waals surface area (Å²) in [4.78, 5) is 12.4. The van der Waals surface area contributed by atoms with Crippen LogP contribution in [0.1, 0.15) is 19.8 Å². The van der Waals surface area contributed by atoms with Crippen molar-refractivity contribution in [3.8, 4) is 0 Å². The van der Waals surface area contributed by atoms with Crippen molar-refractivity contribution in [2.24, 2.45) is 0 Å². The first kappa shape index (κ1) is 20.1. The topological polar surface area (TPSA) is 90.9 Å². The minimum absolute atomic E-state index is 0.0338. The van der Waals surface area contributed by atoms with E-state index in [-0.39, 0.29) is 35.7 Å². The van der Waals surface area contributed by atoms with E-state index < -0.39 is 32.8 Å². The fraction of sp³-hybridized carbons (Fsp3) is 0.471. The molecule has 1 aromatic rings. The number of ether oxygens (including phenoxy) is 3. The second kappa shape index (κ2) is 7.75. The Balaban J connectivity index is 1.96. The molecule has 148 valence electrons. The molecule has 1 aliphatic carbocycles. The summed E-state index contributed by atoms with van der Waals surface area (Å²) in [6, 6.07) is 3.81. The van der Waals surface area contributed by atoms with E-state index in [4.69, 9.17) is 25.8 Å². The summed E-state index contributed by atoms with van der Waals surface area (Å²) < 4.78 is 58.1. The Morgan fingerprint density at radius 3 is 2.74 bits per heavy atom. The van der Waals surface area contributed by atoms with Crippen LogP contribution in [0, 0.1) is 5.82 Å². The van der Waals surface area contributed by atoms with Crippen molar-refractivity contribution in [2.45, 2.75) is 30.8 Å². The van der Waals surface area contributed by atoms with Crippen LogP contribution >= 0.6 is 11.6 Å². The summed E-state index contributed by atoms with van der Waals surface area (Å²) in [5.74, 6) is -2.74. The standard InChI is InChI=1S/C17H19ClFNO6S/c1-2-24-16(21)11-10-17(25-8-9-26-17)7-6-14(11)27(22,23)20-15-12(18)4-3-5-13(15)19/h3-5,10,14,20H,2,6-9H2,1H3. The molecule has 0 bridgehead atoms. The molecule has 1 spiro atoms. The first-order valence-electron chi connectivity index (χ1n) is 8.41. The number of rotatable bonds is 5. The summed E-state index contributed by atoms with van der Waals surface area (Å²) >= 11 is 5.91.